The van der Waals surface area contributed by atoms with Gasteiger partial charge in [0.15, 0.2) is 11.0 Å². The Morgan fingerprint density at radius 2 is 1.93 bits per heavy atom. The molecule has 0 aliphatic carbocycles. The molecule has 0 radical (unpaired) electrons. The number of carbonyl (C=O) groups is 1. The van der Waals surface area contributed by atoms with E-state index in [0.717, 1.165) is 16.9 Å². The molecule has 1 aromatic heterocycles. The first-order chi connectivity index (χ1) is 13.5. The molecular weight excluding hydrogens is 396 g/mol. The molecule has 28 heavy (non-hydrogen) atoms. The van der Waals surface area contributed by atoms with Gasteiger partial charge in [-0.25, -0.2) is 0 Å². The second kappa shape index (κ2) is 9.12. The van der Waals surface area contributed by atoms with Crippen LogP contribution in [0.25, 0.3) is 11.4 Å². The Morgan fingerprint density at radius 3 is 2.64 bits per heavy atom. The van der Waals surface area contributed by atoms with Crippen molar-refractivity contribution in [2.75, 3.05) is 12.9 Å². The molecule has 0 unspecified atom stereocenters. The van der Waals surface area contributed by atoms with Crippen molar-refractivity contribution in [1.29, 1.82) is 0 Å². The molecular formula is C20H21ClN4O2S. The molecule has 1 N–H and O–H groups in total. The lowest BCUT2D eigenvalue weighted by Gasteiger charge is -2.14. The topological polar surface area (TPSA) is 69.0 Å². The molecule has 8 heteroatoms. The second-order valence-corrected chi connectivity index (χ2v) is 7.57. The summed E-state index contributed by atoms with van der Waals surface area (Å²) in [5.74, 6) is 1.59. The van der Waals surface area contributed by atoms with Gasteiger partial charge in [0.2, 0.25) is 5.91 Å². The quantitative estimate of drug-likeness (QED) is 0.587. The van der Waals surface area contributed by atoms with E-state index < -0.39 is 0 Å². The monoisotopic (exact) mass is 416 g/mol. The summed E-state index contributed by atoms with van der Waals surface area (Å²) >= 11 is 7.25. The third kappa shape index (κ3) is 4.66. The average Bonchev–Trinajstić information content (AvgIpc) is 3.07. The summed E-state index contributed by atoms with van der Waals surface area (Å²) in [5.41, 5.74) is 1.85. The van der Waals surface area contributed by atoms with Gasteiger partial charge in [-0.3, -0.25) is 4.79 Å². The van der Waals surface area contributed by atoms with E-state index in [1.165, 1.54) is 11.8 Å². The third-order valence-corrected chi connectivity index (χ3v) is 5.53. The van der Waals surface area contributed by atoms with Crippen LogP contribution in [-0.4, -0.2) is 33.5 Å². The lowest BCUT2D eigenvalue weighted by Crippen LogP contribution is -2.28. The first-order valence-electron chi connectivity index (χ1n) is 8.70. The Hall–Kier alpha value is -2.51. The molecule has 146 valence electrons. The summed E-state index contributed by atoms with van der Waals surface area (Å²) < 4.78 is 7.25. The van der Waals surface area contributed by atoms with Crippen LogP contribution in [0.15, 0.2) is 53.7 Å². The van der Waals surface area contributed by atoms with Crippen molar-refractivity contribution in [2.24, 2.45) is 7.05 Å². The minimum atomic E-state index is -0.103. The highest BCUT2D eigenvalue weighted by Crippen LogP contribution is 2.30. The minimum absolute atomic E-state index is 0.0747. The molecule has 0 saturated carbocycles. The van der Waals surface area contributed by atoms with Gasteiger partial charge in [-0.2, -0.15) is 0 Å². The predicted molar refractivity (Wildman–Crippen MR) is 112 cm³/mol. The van der Waals surface area contributed by atoms with E-state index in [2.05, 4.69) is 15.5 Å². The number of para-hydroxylation sites is 1. The first kappa shape index (κ1) is 20.2. The second-order valence-electron chi connectivity index (χ2n) is 6.19. The van der Waals surface area contributed by atoms with Crippen molar-refractivity contribution < 1.29 is 9.53 Å². The van der Waals surface area contributed by atoms with Crippen molar-refractivity contribution in [2.45, 2.75) is 18.1 Å². The molecule has 2 aromatic carbocycles. The largest absolute Gasteiger partial charge is 0.496 e. The number of hydrogen-bond acceptors (Lipinski definition) is 5. The van der Waals surface area contributed by atoms with Crippen LogP contribution in [0.3, 0.4) is 0 Å². The summed E-state index contributed by atoms with van der Waals surface area (Å²) in [4.78, 5) is 12.3. The fraction of sp³-hybridized carbons (Fsp3) is 0.250. The van der Waals surface area contributed by atoms with E-state index in [-0.39, 0.29) is 17.7 Å². The molecule has 0 aliphatic rings. The fourth-order valence-electron chi connectivity index (χ4n) is 2.75. The van der Waals surface area contributed by atoms with Gasteiger partial charge in [0.25, 0.3) is 0 Å². The summed E-state index contributed by atoms with van der Waals surface area (Å²) in [7, 11) is 3.50. The molecule has 0 saturated heterocycles. The molecule has 0 bridgehead atoms. The van der Waals surface area contributed by atoms with Gasteiger partial charge in [0.05, 0.1) is 24.5 Å². The number of methoxy groups -OCH3 is 1. The van der Waals surface area contributed by atoms with Gasteiger partial charge in [0.1, 0.15) is 5.75 Å². The van der Waals surface area contributed by atoms with Crippen molar-refractivity contribution >= 4 is 29.3 Å². The zero-order valence-electron chi connectivity index (χ0n) is 15.8. The summed E-state index contributed by atoms with van der Waals surface area (Å²) in [6.07, 6.45) is 0. The molecule has 1 heterocycles. The highest BCUT2D eigenvalue weighted by atomic mass is 35.5. The highest BCUT2D eigenvalue weighted by molar-refractivity contribution is 7.99. The fourth-order valence-corrected chi connectivity index (χ4v) is 3.60. The molecule has 1 atom stereocenters. The normalized spacial score (nSPS) is 11.9. The number of hydrogen-bond donors (Lipinski definition) is 1. The number of benzene rings is 2. The van der Waals surface area contributed by atoms with Crippen LogP contribution in [0.1, 0.15) is 18.5 Å². The zero-order valence-corrected chi connectivity index (χ0v) is 17.4. The maximum atomic E-state index is 12.3. The van der Waals surface area contributed by atoms with Crippen LogP contribution in [-0.2, 0) is 11.8 Å². The van der Waals surface area contributed by atoms with Gasteiger partial charge in [-0.15, -0.1) is 10.2 Å². The molecule has 3 rings (SSSR count). The van der Waals surface area contributed by atoms with E-state index in [1.807, 2.05) is 67.1 Å². The number of nitrogens with zero attached hydrogens (tertiary/aromatic N) is 3. The number of nitrogens with one attached hydrogen (secondary N) is 1. The zero-order chi connectivity index (χ0) is 20.1. The van der Waals surface area contributed by atoms with Crippen LogP contribution in [0.4, 0.5) is 0 Å². The standard InChI is InChI=1S/C20H21ClN4O2S/c1-13(14-8-10-15(21)11-9-14)22-18(26)12-28-20-24-23-19(25(20)2)16-6-4-5-7-17(16)27-3/h4-11,13H,12H2,1-3H3,(H,22,26)/t13-/m0/s1. The van der Waals surface area contributed by atoms with E-state index in [4.69, 9.17) is 16.3 Å². The van der Waals surface area contributed by atoms with Crippen molar-refractivity contribution in [1.82, 2.24) is 20.1 Å². The van der Waals surface area contributed by atoms with Gasteiger partial charge >= 0.3 is 0 Å². The number of rotatable bonds is 7. The van der Waals surface area contributed by atoms with Gasteiger partial charge in [-0.05, 0) is 36.8 Å². The Balaban J connectivity index is 1.63. The van der Waals surface area contributed by atoms with E-state index in [0.29, 0.717) is 16.0 Å². The maximum Gasteiger partial charge on any atom is 0.230 e. The van der Waals surface area contributed by atoms with Gasteiger partial charge < -0.3 is 14.6 Å². The van der Waals surface area contributed by atoms with Crippen LogP contribution in [0, 0.1) is 0 Å². The van der Waals surface area contributed by atoms with Crippen LogP contribution in [0.2, 0.25) is 5.02 Å². The van der Waals surface area contributed by atoms with Gasteiger partial charge in [-0.1, -0.05) is 47.6 Å². The summed E-state index contributed by atoms with van der Waals surface area (Å²) in [6, 6.07) is 15.0. The SMILES string of the molecule is COc1ccccc1-c1nnc(SCC(=O)N[C@@H](C)c2ccc(Cl)cc2)n1C. The molecule has 6 nitrogen and oxygen atoms in total. The first-order valence-corrected chi connectivity index (χ1v) is 10.1. The van der Waals surface area contributed by atoms with Crippen molar-refractivity contribution in [3.8, 4) is 17.1 Å². The molecule has 0 fully saturated rings. The number of carbonyl (C=O) groups excluding carboxylic acids is 1. The molecule has 0 spiro atoms. The number of amides is 1. The maximum absolute atomic E-state index is 12.3. The minimum Gasteiger partial charge on any atom is -0.496 e. The third-order valence-electron chi connectivity index (χ3n) is 4.26. The van der Waals surface area contributed by atoms with Gasteiger partial charge in [0, 0.05) is 12.1 Å². The van der Waals surface area contributed by atoms with E-state index in [1.54, 1.807) is 7.11 Å². The lowest BCUT2D eigenvalue weighted by molar-refractivity contribution is -0.119. The lowest BCUT2D eigenvalue weighted by atomic mass is 10.1. The summed E-state index contributed by atoms with van der Waals surface area (Å²) in [5, 5.41) is 12.8. The Kier molecular flexibility index (Phi) is 6.59. The van der Waals surface area contributed by atoms with E-state index >= 15 is 0 Å². The molecule has 0 aliphatic heterocycles. The smallest absolute Gasteiger partial charge is 0.230 e. The van der Waals surface area contributed by atoms with E-state index in [9.17, 15) is 4.79 Å². The Labute approximate surface area is 173 Å². The molecule has 3 aromatic rings. The number of halogens is 1. The number of thioether (sulfide) groups is 1. The Bertz CT molecular complexity index is 959. The average molecular weight is 417 g/mol. The Morgan fingerprint density at radius 1 is 1.21 bits per heavy atom. The van der Waals surface area contributed by atoms with Crippen LogP contribution >= 0.6 is 23.4 Å². The van der Waals surface area contributed by atoms with Crippen LogP contribution < -0.4 is 10.1 Å². The molecule has 1 amide bonds. The highest BCUT2D eigenvalue weighted by Gasteiger charge is 2.16. The van der Waals surface area contributed by atoms with Crippen LogP contribution in [0.5, 0.6) is 5.75 Å². The number of ether oxygens (including phenoxy) is 1. The van der Waals surface area contributed by atoms with Crippen molar-refractivity contribution in [3.05, 3.63) is 59.1 Å². The van der Waals surface area contributed by atoms with Crippen molar-refractivity contribution in [3.63, 3.8) is 0 Å². The predicted octanol–water partition coefficient (Wildman–Crippen LogP) is 4.11. The number of aromatic nitrogens is 3. The summed E-state index contributed by atoms with van der Waals surface area (Å²) in [6.45, 7) is 1.94.